The van der Waals surface area contributed by atoms with Gasteiger partial charge in [-0.1, -0.05) is 97.9 Å². The Morgan fingerprint density at radius 2 is 1.00 bits per heavy atom. The highest BCUT2D eigenvalue weighted by atomic mass is 28.4. The van der Waals surface area contributed by atoms with Crippen molar-refractivity contribution in [2.75, 3.05) is 0 Å². The van der Waals surface area contributed by atoms with E-state index in [2.05, 4.69) is 43.3 Å². The number of hydrogen-bond donors (Lipinski definition) is 1. The molecular formula is C20H20OSi. The summed E-state index contributed by atoms with van der Waals surface area (Å²) in [6.45, 7) is 2.14. The van der Waals surface area contributed by atoms with Crippen LogP contribution in [-0.4, -0.2) is 13.1 Å². The fraction of sp³-hybridized carbons (Fsp3) is 0.100. The highest BCUT2D eigenvalue weighted by Gasteiger charge is 2.42. The van der Waals surface area contributed by atoms with Gasteiger partial charge in [-0.15, -0.1) is 0 Å². The van der Waals surface area contributed by atoms with Crippen LogP contribution in [-0.2, 0) is 0 Å². The molecule has 1 unspecified atom stereocenters. The normalized spacial score (nSPS) is 12.8. The summed E-state index contributed by atoms with van der Waals surface area (Å²) in [6.07, 6.45) is 0. The summed E-state index contributed by atoms with van der Waals surface area (Å²) in [4.78, 5) is 11.8. The molecule has 0 aliphatic heterocycles. The lowest BCUT2D eigenvalue weighted by Gasteiger charge is -2.32. The van der Waals surface area contributed by atoms with E-state index in [0.29, 0.717) is 0 Å². The average Bonchev–Trinajstić information content (AvgIpc) is 2.62. The van der Waals surface area contributed by atoms with Crippen LogP contribution in [0.25, 0.3) is 0 Å². The molecule has 1 atom stereocenters. The molecule has 0 saturated carbocycles. The van der Waals surface area contributed by atoms with E-state index < -0.39 is 8.32 Å². The molecule has 0 aliphatic carbocycles. The van der Waals surface area contributed by atoms with Crippen molar-refractivity contribution in [2.45, 2.75) is 12.5 Å². The van der Waals surface area contributed by atoms with Gasteiger partial charge in [-0.05, 0) is 15.9 Å². The minimum atomic E-state index is -2.85. The summed E-state index contributed by atoms with van der Waals surface area (Å²) in [5.74, 6) is 0. The van der Waals surface area contributed by atoms with Crippen LogP contribution in [0.4, 0.5) is 0 Å². The molecule has 0 bridgehead atoms. The molecule has 0 spiro atoms. The lowest BCUT2D eigenvalue weighted by molar-refractivity contribution is 0.549. The van der Waals surface area contributed by atoms with Crippen LogP contribution in [0.2, 0.25) is 0 Å². The number of benzene rings is 3. The molecule has 3 rings (SSSR count). The highest BCUT2D eigenvalue weighted by Crippen LogP contribution is 2.24. The van der Waals surface area contributed by atoms with E-state index in [1.54, 1.807) is 0 Å². The molecule has 0 amide bonds. The van der Waals surface area contributed by atoms with Gasteiger partial charge in [0.15, 0.2) is 0 Å². The molecule has 0 aromatic heterocycles. The van der Waals surface area contributed by atoms with E-state index in [-0.39, 0.29) is 5.54 Å². The fourth-order valence-electron chi connectivity index (χ4n) is 3.03. The maximum atomic E-state index is 11.8. The zero-order valence-corrected chi connectivity index (χ0v) is 13.7. The van der Waals surface area contributed by atoms with Crippen molar-refractivity contribution >= 4 is 18.7 Å². The Balaban J connectivity index is 2.16. The topological polar surface area (TPSA) is 20.2 Å². The van der Waals surface area contributed by atoms with E-state index in [1.807, 2.05) is 54.6 Å². The standard InChI is InChI=1S/C20H20OSi/c1-17(18-11-5-2-6-12-18)22(21,19-13-7-3-8-14-19)20-15-9-4-10-16-20/h2-17,21H,1H3. The molecule has 110 valence electrons. The Hall–Kier alpha value is -2.16. The van der Waals surface area contributed by atoms with Gasteiger partial charge in [-0.2, -0.15) is 0 Å². The Morgan fingerprint density at radius 3 is 1.41 bits per heavy atom. The molecule has 1 N–H and O–H groups in total. The molecule has 22 heavy (non-hydrogen) atoms. The van der Waals surface area contributed by atoms with Gasteiger partial charge in [0, 0.05) is 5.54 Å². The molecule has 3 aromatic carbocycles. The summed E-state index contributed by atoms with van der Waals surface area (Å²) >= 11 is 0. The van der Waals surface area contributed by atoms with Crippen LogP contribution in [0.1, 0.15) is 18.0 Å². The van der Waals surface area contributed by atoms with Gasteiger partial charge >= 0.3 is 0 Å². The Labute approximate surface area is 133 Å². The van der Waals surface area contributed by atoms with Crippen LogP contribution in [0.5, 0.6) is 0 Å². The zero-order chi connectivity index (χ0) is 15.4. The maximum absolute atomic E-state index is 11.8. The van der Waals surface area contributed by atoms with Crippen LogP contribution >= 0.6 is 0 Å². The highest BCUT2D eigenvalue weighted by molar-refractivity contribution is 6.97. The monoisotopic (exact) mass is 304 g/mol. The third kappa shape index (κ3) is 2.63. The van der Waals surface area contributed by atoms with E-state index in [4.69, 9.17) is 0 Å². The second-order valence-corrected chi connectivity index (χ2v) is 9.18. The van der Waals surface area contributed by atoms with E-state index in [1.165, 1.54) is 5.56 Å². The first-order valence-electron chi connectivity index (χ1n) is 7.61. The number of rotatable bonds is 4. The molecule has 3 aromatic rings. The first-order valence-corrected chi connectivity index (χ1v) is 9.63. The van der Waals surface area contributed by atoms with Crippen LogP contribution in [0.3, 0.4) is 0 Å². The summed E-state index contributed by atoms with van der Waals surface area (Å²) in [6, 6.07) is 30.5. The van der Waals surface area contributed by atoms with Crippen molar-refractivity contribution in [2.24, 2.45) is 0 Å². The predicted molar refractivity (Wildman–Crippen MR) is 95.0 cm³/mol. The third-order valence-corrected chi connectivity index (χ3v) is 8.37. The molecule has 0 heterocycles. The van der Waals surface area contributed by atoms with Gasteiger partial charge in [-0.3, -0.25) is 0 Å². The average molecular weight is 304 g/mol. The molecule has 0 aliphatic rings. The molecule has 2 heteroatoms. The second kappa shape index (κ2) is 6.30. The van der Waals surface area contributed by atoms with Crippen LogP contribution in [0, 0.1) is 0 Å². The Morgan fingerprint density at radius 1 is 0.636 bits per heavy atom. The van der Waals surface area contributed by atoms with Gasteiger partial charge in [0.2, 0.25) is 0 Å². The minimum Gasteiger partial charge on any atom is -0.423 e. The molecule has 0 fully saturated rings. The molecule has 0 saturated heterocycles. The van der Waals surface area contributed by atoms with E-state index in [9.17, 15) is 4.80 Å². The van der Waals surface area contributed by atoms with Crippen molar-refractivity contribution in [3.8, 4) is 0 Å². The predicted octanol–water partition coefficient (Wildman–Crippen LogP) is 3.08. The van der Waals surface area contributed by atoms with Crippen LogP contribution < -0.4 is 10.4 Å². The van der Waals surface area contributed by atoms with Crippen LogP contribution in [0.15, 0.2) is 91.0 Å². The lowest BCUT2D eigenvalue weighted by atomic mass is 10.2. The van der Waals surface area contributed by atoms with Gasteiger partial charge in [-0.25, -0.2) is 0 Å². The number of hydrogen-bond acceptors (Lipinski definition) is 1. The second-order valence-electron chi connectivity index (χ2n) is 5.63. The van der Waals surface area contributed by atoms with Crippen molar-refractivity contribution < 1.29 is 4.80 Å². The largest absolute Gasteiger partial charge is 0.423 e. The van der Waals surface area contributed by atoms with Crippen molar-refractivity contribution in [3.05, 3.63) is 96.6 Å². The summed E-state index contributed by atoms with van der Waals surface area (Å²) < 4.78 is 0. The van der Waals surface area contributed by atoms with Gasteiger partial charge in [0.25, 0.3) is 8.32 Å². The van der Waals surface area contributed by atoms with Crippen molar-refractivity contribution in [1.29, 1.82) is 0 Å². The fourth-order valence-corrected chi connectivity index (χ4v) is 6.44. The third-order valence-electron chi connectivity index (χ3n) is 4.35. The van der Waals surface area contributed by atoms with Crippen molar-refractivity contribution in [3.63, 3.8) is 0 Å². The van der Waals surface area contributed by atoms with E-state index in [0.717, 1.165) is 10.4 Å². The molecule has 0 radical (unpaired) electrons. The zero-order valence-electron chi connectivity index (χ0n) is 12.7. The maximum Gasteiger partial charge on any atom is 0.259 e. The summed E-state index contributed by atoms with van der Waals surface area (Å²) in [5, 5.41) is 2.11. The lowest BCUT2D eigenvalue weighted by Crippen LogP contribution is -2.62. The van der Waals surface area contributed by atoms with Crippen molar-refractivity contribution in [1.82, 2.24) is 0 Å². The quantitative estimate of drug-likeness (QED) is 0.735. The van der Waals surface area contributed by atoms with Gasteiger partial charge in [0.1, 0.15) is 0 Å². The van der Waals surface area contributed by atoms with Gasteiger partial charge in [0.05, 0.1) is 0 Å². The minimum absolute atomic E-state index is 0.0819. The summed E-state index contributed by atoms with van der Waals surface area (Å²) in [5.41, 5.74) is 1.27. The Bertz CT molecular complexity index is 671. The smallest absolute Gasteiger partial charge is 0.259 e. The first kappa shape index (κ1) is 14.8. The van der Waals surface area contributed by atoms with Gasteiger partial charge < -0.3 is 4.80 Å². The van der Waals surface area contributed by atoms with E-state index >= 15 is 0 Å². The molecular weight excluding hydrogens is 284 g/mol. The Kier molecular flexibility index (Phi) is 4.23. The molecule has 1 nitrogen and oxygen atoms in total. The summed E-state index contributed by atoms with van der Waals surface area (Å²) in [7, 11) is -2.85. The first-order chi connectivity index (χ1) is 10.7. The SMILES string of the molecule is CC(c1ccccc1)[Si](O)(c1ccccc1)c1ccccc1.